The van der Waals surface area contributed by atoms with Crippen LogP contribution in [0.25, 0.3) is 0 Å². The maximum absolute atomic E-state index is 5.76. The van der Waals surface area contributed by atoms with Gasteiger partial charge in [-0.3, -0.25) is 5.10 Å². The van der Waals surface area contributed by atoms with Gasteiger partial charge in [-0.15, -0.1) is 0 Å². The third-order valence-electron chi connectivity index (χ3n) is 2.66. The van der Waals surface area contributed by atoms with Crippen LogP contribution in [-0.2, 0) is 13.2 Å². The van der Waals surface area contributed by atoms with Gasteiger partial charge in [0.25, 0.3) is 0 Å². The van der Waals surface area contributed by atoms with E-state index in [0.29, 0.717) is 23.7 Å². The molecular formula is C13H17N3O2S. The molecule has 2 aromatic rings. The summed E-state index contributed by atoms with van der Waals surface area (Å²) < 4.78 is 13.8. The summed E-state index contributed by atoms with van der Waals surface area (Å²) in [6, 6.07) is 7.59. The van der Waals surface area contributed by atoms with Crippen molar-refractivity contribution < 1.29 is 9.47 Å². The molecule has 6 heteroatoms. The predicted molar refractivity (Wildman–Crippen MR) is 75.0 cm³/mol. The minimum absolute atomic E-state index is 0.352. The zero-order valence-corrected chi connectivity index (χ0v) is 11.9. The van der Waals surface area contributed by atoms with Crippen LogP contribution in [-0.4, -0.2) is 21.4 Å². The van der Waals surface area contributed by atoms with Gasteiger partial charge in [-0.1, -0.05) is 12.1 Å². The van der Waals surface area contributed by atoms with Gasteiger partial charge in [0, 0.05) is 6.54 Å². The van der Waals surface area contributed by atoms with Crippen molar-refractivity contribution >= 4 is 12.2 Å². The number of nitrogens with one attached hydrogen (secondary N) is 1. The zero-order chi connectivity index (χ0) is 13.7. The van der Waals surface area contributed by atoms with Crippen LogP contribution in [0, 0.1) is 4.77 Å². The molecule has 2 rings (SSSR count). The summed E-state index contributed by atoms with van der Waals surface area (Å²) in [6.07, 6.45) is 0. The topological polar surface area (TPSA) is 52.1 Å². The number of aromatic nitrogens is 3. The highest BCUT2D eigenvalue weighted by Gasteiger charge is 2.08. The van der Waals surface area contributed by atoms with E-state index in [-0.39, 0.29) is 0 Å². The molecule has 0 amide bonds. The van der Waals surface area contributed by atoms with Gasteiger partial charge in [-0.25, -0.2) is 0 Å². The molecule has 5 nitrogen and oxygen atoms in total. The van der Waals surface area contributed by atoms with E-state index in [1.165, 1.54) is 0 Å². The summed E-state index contributed by atoms with van der Waals surface area (Å²) in [5.41, 5.74) is 0. The van der Waals surface area contributed by atoms with Crippen molar-refractivity contribution in [3.05, 3.63) is 34.9 Å². The predicted octanol–water partition coefficient (Wildman–Crippen LogP) is 2.94. The molecule has 0 atom stereocenters. The highest BCUT2D eigenvalue weighted by atomic mass is 32.1. The first-order valence-corrected chi connectivity index (χ1v) is 6.65. The summed E-state index contributed by atoms with van der Waals surface area (Å²) >= 11 is 5.13. The SMILES string of the molecule is CCOc1ccccc1OCc1n[nH]c(=S)n1CC. The molecule has 1 heterocycles. The van der Waals surface area contributed by atoms with Crippen molar-refractivity contribution in [3.8, 4) is 11.5 Å². The van der Waals surface area contributed by atoms with E-state index >= 15 is 0 Å². The number of H-pyrrole nitrogens is 1. The average Bonchev–Trinajstić information content (AvgIpc) is 2.78. The highest BCUT2D eigenvalue weighted by Crippen LogP contribution is 2.26. The van der Waals surface area contributed by atoms with Crippen LogP contribution < -0.4 is 9.47 Å². The number of benzene rings is 1. The van der Waals surface area contributed by atoms with E-state index in [4.69, 9.17) is 21.7 Å². The lowest BCUT2D eigenvalue weighted by Crippen LogP contribution is -2.07. The van der Waals surface area contributed by atoms with Gasteiger partial charge in [0.2, 0.25) is 0 Å². The molecule has 0 unspecified atom stereocenters. The molecule has 0 aliphatic rings. The second kappa shape index (κ2) is 6.38. The Kier molecular flexibility index (Phi) is 4.57. The van der Waals surface area contributed by atoms with Gasteiger partial charge in [0.05, 0.1) is 6.61 Å². The second-order valence-electron chi connectivity index (χ2n) is 3.86. The van der Waals surface area contributed by atoms with Crippen LogP contribution in [0.1, 0.15) is 19.7 Å². The quantitative estimate of drug-likeness (QED) is 0.826. The minimum Gasteiger partial charge on any atom is -0.490 e. The Morgan fingerprint density at radius 2 is 1.89 bits per heavy atom. The Morgan fingerprint density at radius 3 is 2.53 bits per heavy atom. The number of aromatic amines is 1. The highest BCUT2D eigenvalue weighted by molar-refractivity contribution is 7.71. The molecule has 0 saturated carbocycles. The lowest BCUT2D eigenvalue weighted by molar-refractivity contribution is 0.259. The number of hydrogen-bond acceptors (Lipinski definition) is 4. The van der Waals surface area contributed by atoms with Gasteiger partial charge < -0.3 is 14.0 Å². The minimum atomic E-state index is 0.352. The molecule has 102 valence electrons. The summed E-state index contributed by atoms with van der Waals surface area (Å²) in [5.74, 6) is 2.22. The molecule has 0 bridgehead atoms. The Labute approximate surface area is 117 Å². The molecule has 0 spiro atoms. The van der Waals surface area contributed by atoms with Crippen molar-refractivity contribution in [3.63, 3.8) is 0 Å². The Bertz CT molecular complexity index is 592. The van der Waals surface area contributed by atoms with Crippen molar-refractivity contribution in [2.45, 2.75) is 27.0 Å². The zero-order valence-electron chi connectivity index (χ0n) is 11.0. The van der Waals surface area contributed by atoms with Crippen molar-refractivity contribution in [2.75, 3.05) is 6.61 Å². The fourth-order valence-electron chi connectivity index (χ4n) is 1.77. The van der Waals surface area contributed by atoms with E-state index in [2.05, 4.69) is 10.2 Å². The second-order valence-corrected chi connectivity index (χ2v) is 4.24. The molecular weight excluding hydrogens is 262 g/mol. The monoisotopic (exact) mass is 279 g/mol. The average molecular weight is 279 g/mol. The van der Waals surface area contributed by atoms with E-state index in [0.717, 1.165) is 18.1 Å². The normalized spacial score (nSPS) is 10.4. The van der Waals surface area contributed by atoms with Crippen LogP contribution in [0.4, 0.5) is 0 Å². The van der Waals surface area contributed by atoms with Crippen molar-refractivity contribution in [2.24, 2.45) is 0 Å². The van der Waals surface area contributed by atoms with Gasteiger partial charge in [-0.05, 0) is 38.2 Å². The summed E-state index contributed by atoms with van der Waals surface area (Å²) in [6.45, 7) is 5.68. The van der Waals surface area contributed by atoms with E-state index in [1.54, 1.807) is 0 Å². The molecule has 0 radical (unpaired) electrons. The standard InChI is InChI=1S/C13H17N3O2S/c1-3-16-12(14-15-13(16)19)9-18-11-8-6-5-7-10(11)17-4-2/h5-8H,3-4,9H2,1-2H3,(H,15,19). The Morgan fingerprint density at radius 1 is 1.21 bits per heavy atom. The lowest BCUT2D eigenvalue weighted by atomic mass is 10.3. The van der Waals surface area contributed by atoms with Crippen molar-refractivity contribution in [1.29, 1.82) is 0 Å². The van der Waals surface area contributed by atoms with Crippen LogP contribution >= 0.6 is 12.2 Å². The fourth-order valence-corrected chi connectivity index (χ4v) is 2.05. The molecule has 0 saturated heterocycles. The molecule has 1 N–H and O–H groups in total. The first-order valence-electron chi connectivity index (χ1n) is 6.25. The van der Waals surface area contributed by atoms with Crippen LogP contribution in [0.15, 0.2) is 24.3 Å². The van der Waals surface area contributed by atoms with E-state index in [1.807, 2.05) is 42.7 Å². The number of rotatable bonds is 6. The first kappa shape index (κ1) is 13.6. The Balaban J connectivity index is 2.12. The third-order valence-corrected chi connectivity index (χ3v) is 2.97. The van der Waals surface area contributed by atoms with Crippen LogP contribution in [0.5, 0.6) is 11.5 Å². The number of para-hydroxylation sites is 2. The van der Waals surface area contributed by atoms with Gasteiger partial charge in [-0.2, -0.15) is 5.10 Å². The molecule has 1 aromatic carbocycles. The van der Waals surface area contributed by atoms with E-state index in [9.17, 15) is 0 Å². The number of ether oxygens (including phenoxy) is 2. The molecule has 0 fully saturated rings. The first-order chi connectivity index (χ1) is 9.26. The van der Waals surface area contributed by atoms with Gasteiger partial charge in [0.15, 0.2) is 22.1 Å². The fraction of sp³-hybridized carbons (Fsp3) is 0.385. The van der Waals surface area contributed by atoms with Crippen molar-refractivity contribution in [1.82, 2.24) is 14.8 Å². The number of nitrogens with zero attached hydrogens (tertiary/aromatic N) is 2. The largest absolute Gasteiger partial charge is 0.490 e. The maximum Gasteiger partial charge on any atom is 0.195 e. The maximum atomic E-state index is 5.76. The third kappa shape index (κ3) is 3.14. The lowest BCUT2D eigenvalue weighted by Gasteiger charge is -2.11. The summed E-state index contributed by atoms with van der Waals surface area (Å²) in [7, 11) is 0. The smallest absolute Gasteiger partial charge is 0.195 e. The van der Waals surface area contributed by atoms with Crippen LogP contribution in [0.3, 0.4) is 0 Å². The van der Waals surface area contributed by atoms with Gasteiger partial charge in [0.1, 0.15) is 6.61 Å². The summed E-state index contributed by atoms with van der Waals surface area (Å²) in [4.78, 5) is 0. The molecule has 0 aliphatic carbocycles. The molecule has 0 aliphatic heterocycles. The van der Waals surface area contributed by atoms with E-state index < -0.39 is 0 Å². The van der Waals surface area contributed by atoms with Gasteiger partial charge >= 0.3 is 0 Å². The number of hydrogen-bond donors (Lipinski definition) is 1. The molecule has 1 aromatic heterocycles. The Hall–Kier alpha value is -1.82. The van der Waals surface area contributed by atoms with Crippen LogP contribution in [0.2, 0.25) is 0 Å². The summed E-state index contributed by atoms with van der Waals surface area (Å²) in [5, 5.41) is 6.93. The molecule has 19 heavy (non-hydrogen) atoms.